The molecule has 1 N–H and O–H groups in total. The van der Waals surface area contributed by atoms with Crippen LogP contribution < -0.4 is 9.47 Å². The van der Waals surface area contributed by atoms with Crippen LogP contribution in [0.25, 0.3) is 0 Å². The van der Waals surface area contributed by atoms with Crippen LogP contribution >= 0.6 is 11.6 Å². The van der Waals surface area contributed by atoms with Crippen LogP contribution in [0.1, 0.15) is 18.0 Å². The van der Waals surface area contributed by atoms with E-state index in [-0.39, 0.29) is 19.3 Å². The van der Waals surface area contributed by atoms with Crippen molar-refractivity contribution in [2.75, 3.05) is 20.9 Å². The molecular weight excluding hydrogens is 258 g/mol. The number of aliphatic carboxylic acids is 1. The Morgan fingerprint density at radius 3 is 2.83 bits per heavy atom. The fraction of sp³-hybridized carbons (Fsp3) is 0.417. The lowest BCUT2D eigenvalue weighted by Gasteiger charge is -2.23. The van der Waals surface area contributed by atoms with Gasteiger partial charge in [-0.15, -0.1) is 0 Å². The molecule has 0 aromatic heterocycles. The van der Waals surface area contributed by atoms with Gasteiger partial charge in [0.25, 0.3) is 0 Å². The van der Waals surface area contributed by atoms with Crippen LogP contribution in [0.5, 0.6) is 11.5 Å². The number of halogens is 1. The molecule has 0 spiro atoms. The maximum Gasteiger partial charge on any atom is 0.305 e. The van der Waals surface area contributed by atoms with E-state index in [1.807, 2.05) is 19.0 Å². The van der Waals surface area contributed by atoms with Gasteiger partial charge < -0.3 is 19.5 Å². The molecule has 18 heavy (non-hydrogen) atoms. The van der Waals surface area contributed by atoms with E-state index in [2.05, 4.69) is 0 Å². The van der Waals surface area contributed by atoms with Crippen LogP contribution in [0.2, 0.25) is 5.02 Å². The molecule has 1 aliphatic heterocycles. The monoisotopic (exact) mass is 271 g/mol. The lowest BCUT2D eigenvalue weighted by molar-refractivity contribution is -0.138. The minimum absolute atomic E-state index is 0.00295. The van der Waals surface area contributed by atoms with Crippen molar-refractivity contribution >= 4 is 17.6 Å². The van der Waals surface area contributed by atoms with Gasteiger partial charge in [0, 0.05) is 6.04 Å². The zero-order chi connectivity index (χ0) is 13.3. The smallest absolute Gasteiger partial charge is 0.305 e. The summed E-state index contributed by atoms with van der Waals surface area (Å²) in [5, 5.41) is 9.38. The van der Waals surface area contributed by atoms with Gasteiger partial charge in [0.1, 0.15) is 0 Å². The molecule has 6 heteroatoms. The van der Waals surface area contributed by atoms with Crippen LogP contribution in [-0.2, 0) is 4.79 Å². The molecule has 1 atom stereocenters. The number of benzene rings is 1. The van der Waals surface area contributed by atoms with E-state index >= 15 is 0 Å². The van der Waals surface area contributed by atoms with Gasteiger partial charge in [-0.2, -0.15) is 0 Å². The standard InChI is InChI=1S/C12H14ClNO4/c1-14(2)9(5-11(15)16)7-3-8(13)12-10(4-7)17-6-18-12/h3-4,9H,5-6H2,1-2H3,(H,15,16). The molecule has 0 saturated carbocycles. The van der Waals surface area contributed by atoms with Crippen molar-refractivity contribution in [3.63, 3.8) is 0 Å². The Morgan fingerprint density at radius 1 is 1.50 bits per heavy atom. The molecule has 1 aliphatic rings. The molecule has 0 radical (unpaired) electrons. The first-order chi connectivity index (χ1) is 8.49. The summed E-state index contributed by atoms with van der Waals surface area (Å²) in [5.74, 6) is 0.227. The summed E-state index contributed by atoms with van der Waals surface area (Å²) in [5.41, 5.74) is 0.802. The van der Waals surface area contributed by atoms with Gasteiger partial charge in [0.2, 0.25) is 6.79 Å². The fourth-order valence-corrected chi connectivity index (χ4v) is 2.22. The Morgan fingerprint density at radius 2 is 2.22 bits per heavy atom. The van der Waals surface area contributed by atoms with E-state index in [4.69, 9.17) is 26.2 Å². The minimum Gasteiger partial charge on any atom is -0.481 e. The number of carbonyl (C=O) groups is 1. The summed E-state index contributed by atoms with van der Waals surface area (Å²) in [6.07, 6.45) is 0.00295. The summed E-state index contributed by atoms with van der Waals surface area (Å²) in [4.78, 5) is 12.7. The lowest BCUT2D eigenvalue weighted by Crippen LogP contribution is -2.22. The second-order valence-electron chi connectivity index (χ2n) is 4.31. The van der Waals surface area contributed by atoms with Crippen LogP contribution in [0.15, 0.2) is 12.1 Å². The van der Waals surface area contributed by atoms with E-state index in [1.165, 1.54) is 0 Å². The van der Waals surface area contributed by atoms with Crippen molar-refractivity contribution in [2.45, 2.75) is 12.5 Å². The fourth-order valence-electron chi connectivity index (χ4n) is 1.94. The summed E-state index contributed by atoms with van der Waals surface area (Å²) in [7, 11) is 3.65. The number of hydrogen-bond acceptors (Lipinski definition) is 4. The van der Waals surface area contributed by atoms with E-state index in [1.54, 1.807) is 12.1 Å². The number of rotatable bonds is 4. The highest BCUT2D eigenvalue weighted by Crippen LogP contribution is 2.42. The SMILES string of the molecule is CN(C)C(CC(=O)O)c1cc(Cl)c2c(c1)OCO2. The predicted octanol–water partition coefficient (Wildman–Crippen LogP) is 2.15. The summed E-state index contributed by atoms with van der Waals surface area (Å²) < 4.78 is 10.5. The minimum atomic E-state index is -0.859. The third-order valence-electron chi connectivity index (χ3n) is 2.83. The highest BCUT2D eigenvalue weighted by molar-refractivity contribution is 6.32. The molecule has 1 heterocycles. The van der Waals surface area contributed by atoms with Gasteiger partial charge in [-0.05, 0) is 31.8 Å². The highest BCUT2D eigenvalue weighted by Gasteiger charge is 2.24. The normalized spacial score (nSPS) is 14.9. The lowest BCUT2D eigenvalue weighted by atomic mass is 10.0. The Labute approximate surface area is 110 Å². The second kappa shape index (κ2) is 5.04. The topological polar surface area (TPSA) is 59.0 Å². The molecular formula is C12H14ClNO4. The van der Waals surface area contributed by atoms with Crippen molar-refractivity contribution < 1.29 is 19.4 Å². The van der Waals surface area contributed by atoms with Crippen molar-refractivity contribution in [3.05, 3.63) is 22.7 Å². The summed E-state index contributed by atoms with van der Waals surface area (Å²) in [6, 6.07) is 3.25. The predicted molar refractivity (Wildman–Crippen MR) is 66.3 cm³/mol. The largest absolute Gasteiger partial charge is 0.481 e. The van der Waals surface area contributed by atoms with Gasteiger partial charge in [-0.1, -0.05) is 11.6 Å². The van der Waals surface area contributed by atoms with Gasteiger partial charge in [-0.3, -0.25) is 4.79 Å². The molecule has 1 unspecified atom stereocenters. The molecule has 1 aromatic rings. The van der Waals surface area contributed by atoms with Gasteiger partial charge in [0.15, 0.2) is 11.5 Å². The molecule has 0 saturated heterocycles. The number of fused-ring (bicyclic) bond motifs is 1. The van der Waals surface area contributed by atoms with E-state index in [0.29, 0.717) is 16.5 Å². The maximum atomic E-state index is 10.9. The number of ether oxygens (including phenoxy) is 2. The molecule has 0 bridgehead atoms. The van der Waals surface area contributed by atoms with Crippen LogP contribution in [0.3, 0.4) is 0 Å². The number of carboxylic acid groups (broad SMARTS) is 1. The molecule has 0 fully saturated rings. The average Bonchev–Trinajstić information content (AvgIpc) is 2.73. The summed E-state index contributed by atoms with van der Waals surface area (Å²) in [6.45, 7) is 0.143. The van der Waals surface area contributed by atoms with Crippen molar-refractivity contribution in [2.24, 2.45) is 0 Å². The Hall–Kier alpha value is -1.46. The zero-order valence-electron chi connectivity index (χ0n) is 10.1. The number of nitrogens with zero attached hydrogens (tertiary/aromatic N) is 1. The molecule has 5 nitrogen and oxygen atoms in total. The maximum absolute atomic E-state index is 10.9. The van der Waals surface area contributed by atoms with E-state index in [9.17, 15) is 4.79 Å². The van der Waals surface area contributed by atoms with Gasteiger partial charge >= 0.3 is 5.97 Å². The van der Waals surface area contributed by atoms with E-state index in [0.717, 1.165) is 5.56 Å². The zero-order valence-corrected chi connectivity index (χ0v) is 10.9. The molecule has 1 aromatic carbocycles. The molecule has 0 aliphatic carbocycles. The number of carboxylic acids is 1. The van der Waals surface area contributed by atoms with Crippen LogP contribution in [0.4, 0.5) is 0 Å². The Balaban J connectivity index is 2.36. The summed E-state index contributed by atoms with van der Waals surface area (Å²) >= 11 is 6.09. The highest BCUT2D eigenvalue weighted by atomic mass is 35.5. The van der Waals surface area contributed by atoms with Crippen LogP contribution in [-0.4, -0.2) is 36.9 Å². The van der Waals surface area contributed by atoms with Gasteiger partial charge in [-0.25, -0.2) is 0 Å². The third-order valence-corrected chi connectivity index (χ3v) is 3.11. The number of hydrogen-bond donors (Lipinski definition) is 1. The van der Waals surface area contributed by atoms with Crippen molar-refractivity contribution in [1.82, 2.24) is 4.90 Å². The van der Waals surface area contributed by atoms with Crippen LogP contribution in [0, 0.1) is 0 Å². The Kier molecular flexibility index (Phi) is 3.63. The quantitative estimate of drug-likeness (QED) is 0.909. The first-order valence-corrected chi connectivity index (χ1v) is 5.84. The Bertz CT molecular complexity index is 475. The first kappa shape index (κ1) is 13.0. The molecule has 98 valence electrons. The third kappa shape index (κ3) is 2.52. The molecule has 2 rings (SSSR count). The molecule has 0 amide bonds. The first-order valence-electron chi connectivity index (χ1n) is 5.46. The van der Waals surface area contributed by atoms with Crippen molar-refractivity contribution in [3.8, 4) is 11.5 Å². The second-order valence-corrected chi connectivity index (χ2v) is 4.72. The van der Waals surface area contributed by atoms with E-state index < -0.39 is 5.97 Å². The van der Waals surface area contributed by atoms with Gasteiger partial charge in [0.05, 0.1) is 11.4 Å². The van der Waals surface area contributed by atoms with Crippen molar-refractivity contribution in [1.29, 1.82) is 0 Å². The average molecular weight is 272 g/mol.